The van der Waals surface area contributed by atoms with Gasteiger partial charge in [0, 0.05) is 24.1 Å². The Balaban J connectivity index is 2.14. The Morgan fingerprint density at radius 1 is 1.19 bits per heavy atom. The van der Waals surface area contributed by atoms with Gasteiger partial charge in [-0.1, -0.05) is 50.2 Å². The lowest BCUT2D eigenvalue weighted by Crippen LogP contribution is -2.67. The van der Waals surface area contributed by atoms with E-state index in [1.807, 2.05) is 37.4 Å². The van der Waals surface area contributed by atoms with Crippen LogP contribution < -0.4 is 5.73 Å². The largest absolute Gasteiger partial charge is 0.416 e. The Hall–Kier alpha value is -2.18. The van der Waals surface area contributed by atoms with Crippen LogP contribution in [0.4, 0.5) is 13.2 Å². The smallest absolute Gasteiger partial charge is 0.318 e. The topological polar surface area (TPSA) is 46.3 Å². The predicted octanol–water partition coefficient (Wildman–Crippen LogP) is 5.08. The number of Topliss-reactive ketones (excluding diaryl/α,β-unsaturated/α-hetero) is 1. The molecule has 2 aromatic carbocycles. The van der Waals surface area contributed by atoms with E-state index in [-0.39, 0.29) is 11.3 Å². The zero-order valence-corrected chi connectivity index (χ0v) is 18.6. The van der Waals surface area contributed by atoms with Crippen molar-refractivity contribution in [3.8, 4) is 0 Å². The number of nitrogens with zero attached hydrogens (tertiary/aromatic N) is 1. The van der Waals surface area contributed by atoms with Crippen LogP contribution in [0.15, 0.2) is 48.5 Å². The van der Waals surface area contributed by atoms with Crippen molar-refractivity contribution in [2.75, 3.05) is 20.1 Å². The van der Waals surface area contributed by atoms with E-state index in [2.05, 4.69) is 11.8 Å². The lowest BCUT2D eigenvalue weighted by atomic mass is 9.58. The van der Waals surface area contributed by atoms with Crippen molar-refractivity contribution in [2.45, 2.75) is 50.7 Å². The summed E-state index contributed by atoms with van der Waals surface area (Å²) >= 11 is 0. The Bertz CT molecular complexity index is 928. The molecule has 0 saturated carbocycles. The van der Waals surface area contributed by atoms with Gasteiger partial charge < -0.3 is 10.6 Å². The fourth-order valence-electron chi connectivity index (χ4n) is 5.20. The number of carbonyl (C=O) groups is 1. The fourth-order valence-corrected chi connectivity index (χ4v) is 5.20. The van der Waals surface area contributed by atoms with E-state index in [4.69, 9.17) is 5.73 Å². The molecule has 1 saturated heterocycles. The van der Waals surface area contributed by atoms with Gasteiger partial charge in [0.1, 0.15) is 0 Å². The molecule has 31 heavy (non-hydrogen) atoms. The van der Waals surface area contributed by atoms with E-state index in [1.165, 1.54) is 6.07 Å². The molecule has 2 aromatic rings. The molecule has 3 atom stereocenters. The summed E-state index contributed by atoms with van der Waals surface area (Å²) in [7, 11) is 2.02. The second-order valence-electron chi connectivity index (χ2n) is 9.21. The molecule has 2 N–H and O–H groups in total. The molecule has 0 spiro atoms. The highest BCUT2D eigenvalue weighted by atomic mass is 19.4. The zero-order valence-electron chi connectivity index (χ0n) is 18.6. The van der Waals surface area contributed by atoms with Crippen LogP contribution in [-0.4, -0.2) is 36.4 Å². The fraction of sp³-hybridized carbons (Fsp3) is 0.480. The Morgan fingerprint density at radius 3 is 2.39 bits per heavy atom. The van der Waals surface area contributed by atoms with E-state index in [0.717, 1.165) is 30.7 Å². The molecule has 0 bridgehead atoms. The van der Waals surface area contributed by atoms with Crippen LogP contribution in [0, 0.1) is 5.92 Å². The maximum atomic E-state index is 13.9. The summed E-state index contributed by atoms with van der Waals surface area (Å²) in [5.41, 5.74) is 5.82. The molecule has 3 rings (SSSR count). The zero-order chi connectivity index (χ0) is 23.0. The minimum Gasteiger partial charge on any atom is -0.318 e. The molecular weight excluding hydrogens is 401 g/mol. The summed E-state index contributed by atoms with van der Waals surface area (Å²) < 4.78 is 39.6. The SMILES string of the molecule is CCc1cc(C(F)(F)F)ccc1C(=O)[C@](C)(N)[C@@]1(c2ccccc2)C[C@H](C)CN(C)C1. The maximum absolute atomic E-state index is 13.9. The maximum Gasteiger partial charge on any atom is 0.416 e. The lowest BCUT2D eigenvalue weighted by Gasteiger charge is -2.52. The van der Waals surface area contributed by atoms with Crippen molar-refractivity contribution in [2.24, 2.45) is 11.7 Å². The third kappa shape index (κ3) is 4.28. The monoisotopic (exact) mass is 432 g/mol. The van der Waals surface area contributed by atoms with Crippen LogP contribution in [0.1, 0.15) is 54.2 Å². The number of hydrogen-bond acceptors (Lipinski definition) is 3. The number of likely N-dealkylation sites (N-methyl/N-ethyl adjacent to an activating group) is 1. The van der Waals surface area contributed by atoms with Gasteiger partial charge in [0.15, 0.2) is 5.78 Å². The van der Waals surface area contributed by atoms with Gasteiger partial charge in [-0.2, -0.15) is 13.2 Å². The van der Waals surface area contributed by atoms with Crippen molar-refractivity contribution in [1.29, 1.82) is 0 Å². The third-order valence-corrected chi connectivity index (χ3v) is 6.71. The second-order valence-corrected chi connectivity index (χ2v) is 9.21. The molecule has 0 unspecified atom stereocenters. The van der Waals surface area contributed by atoms with Crippen LogP contribution in [0.25, 0.3) is 0 Å². The molecule has 3 nitrogen and oxygen atoms in total. The first-order valence-electron chi connectivity index (χ1n) is 10.7. The van der Waals surface area contributed by atoms with E-state index >= 15 is 0 Å². The Labute approximate surface area is 182 Å². The summed E-state index contributed by atoms with van der Waals surface area (Å²) in [5, 5.41) is 0. The van der Waals surface area contributed by atoms with E-state index in [9.17, 15) is 18.0 Å². The standard InChI is InChI=1S/C25H31F3N2O/c1-5-18-13-20(25(26,27)28)11-12-21(18)22(31)23(3,29)24(19-9-7-6-8-10-19)14-17(2)15-30(4)16-24/h6-13,17H,5,14-16,29H2,1-4H3/t17-,23-,24-/m0/s1. The number of rotatable bonds is 5. The van der Waals surface area contributed by atoms with E-state index < -0.39 is 22.7 Å². The van der Waals surface area contributed by atoms with Crippen molar-refractivity contribution in [3.05, 3.63) is 70.8 Å². The first-order valence-corrected chi connectivity index (χ1v) is 10.7. The number of halogens is 3. The highest BCUT2D eigenvalue weighted by molar-refractivity contribution is 6.05. The van der Waals surface area contributed by atoms with Gasteiger partial charge in [0.2, 0.25) is 0 Å². The van der Waals surface area contributed by atoms with Gasteiger partial charge in [-0.15, -0.1) is 0 Å². The minimum absolute atomic E-state index is 0.275. The van der Waals surface area contributed by atoms with Crippen LogP contribution in [0.2, 0.25) is 0 Å². The average molecular weight is 433 g/mol. The number of aryl methyl sites for hydroxylation is 1. The van der Waals surface area contributed by atoms with Gasteiger partial charge >= 0.3 is 6.18 Å². The molecular formula is C25H31F3N2O. The number of benzene rings is 2. The second kappa shape index (κ2) is 8.40. The number of ketones is 1. The van der Waals surface area contributed by atoms with Crippen molar-refractivity contribution < 1.29 is 18.0 Å². The summed E-state index contributed by atoms with van der Waals surface area (Å²) in [6.07, 6.45) is -3.41. The number of carbonyl (C=O) groups excluding carboxylic acids is 1. The molecule has 1 heterocycles. The summed E-state index contributed by atoms with van der Waals surface area (Å²) in [6.45, 7) is 7.14. The lowest BCUT2D eigenvalue weighted by molar-refractivity contribution is -0.137. The van der Waals surface area contributed by atoms with Crippen molar-refractivity contribution >= 4 is 5.78 Å². The first kappa shape index (κ1) is 23.5. The van der Waals surface area contributed by atoms with Crippen LogP contribution in [-0.2, 0) is 18.0 Å². The number of hydrogen-bond donors (Lipinski definition) is 1. The van der Waals surface area contributed by atoms with Crippen LogP contribution in [0.3, 0.4) is 0 Å². The van der Waals surface area contributed by atoms with E-state index in [0.29, 0.717) is 24.4 Å². The van der Waals surface area contributed by atoms with Gasteiger partial charge in [-0.25, -0.2) is 0 Å². The number of piperidine rings is 1. The van der Waals surface area contributed by atoms with Crippen LogP contribution >= 0.6 is 0 Å². The molecule has 1 fully saturated rings. The van der Waals surface area contributed by atoms with Gasteiger partial charge in [-0.05, 0) is 56.0 Å². The Kier molecular flexibility index (Phi) is 6.36. The van der Waals surface area contributed by atoms with E-state index in [1.54, 1.807) is 13.8 Å². The minimum atomic E-state index is -4.45. The number of alkyl halides is 3. The average Bonchev–Trinajstić information content (AvgIpc) is 2.71. The molecule has 0 aromatic heterocycles. The molecule has 0 radical (unpaired) electrons. The van der Waals surface area contributed by atoms with Crippen LogP contribution in [0.5, 0.6) is 0 Å². The molecule has 1 aliphatic rings. The summed E-state index contributed by atoms with van der Waals surface area (Å²) in [5.74, 6) is -0.00249. The number of likely N-dealkylation sites (tertiary alicyclic amines) is 1. The summed E-state index contributed by atoms with van der Waals surface area (Å²) in [6, 6.07) is 13.1. The number of nitrogens with two attached hydrogens (primary N) is 1. The third-order valence-electron chi connectivity index (χ3n) is 6.71. The van der Waals surface area contributed by atoms with Gasteiger partial charge in [0.05, 0.1) is 11.1 Å². The molecule has 0 amide bonds. The van der Waals surface area contributed by atoms with Gasteiger partial charge in [0.25, 0.3) is 0 Å². The van der Waals surface area contributed by atoms with Crippen molar-refractivity contribution in [3.63, 3.8) is 0 Å². The quantitative estimate of drug-likeness (QED) is 0.671. The van der Waals surface area contributed by atoms with Crippen molar-refractivity contribution in [1.82, 2.24) is 4.90 Å². The summed E-state index contributed by atoms with van der Waals surface area (Å²) in [4.78, 5) is 16.1. The molecule has 1 aliphatic heterocycles. The first-order chi connectivity index (χ1) is 14.4. The highest BCUT2D eigenvalue weighted by Gasteiger charge is 2.54. The molecule has 6 heteroatoms. The van der Waals surface area contributed by atoms with Gasteiger partial charge in [-0.3, -0.25) is 4.79 Å². The molecule has 0 aliphatic carbocycles. The molecule has 168 valence electrons. The predicted molar refractivity (Wildman–Crippen MR) is 117 cm³/mol. The normalized spacial score (nSPS) is 24.6. The highest BCUT2D eigenvalue weighted by Crippen LogP contribution is 2.45. The Morgan fingerprint density at radius 2 is 1.84 bits per heavy atom.